The van der Waals surface area contributed by atoms with Crippen molar-refractivity contribution in [3.05, 3.63) is 0 Å². The first-order valence-electron chi connectivity index (χ1n) is 4.10. The maximum atomic E-state index is 2.37. The van der Waals surface area contributed by atoms with Gasteiger partial charge >= 0.3 is 0 Å². The molecule has 0 atom stereocenters. The maximum absolute atomic E-state index is 2.37. The highest BCUT2D eigenvalue weighted by molar-refractivity contribution is 5.75. The van der Waals surface area contributed by atoms with E-state index in [9.17, 15) is 0 Å². The van der Waals surface area contributed by atoms with Gasteiger partial charge in [-0.3, -0.25) is 0 Å². The average Bonchev–Trinajstić information content (AvgIpc) is 1.90. The topological polar surface area (TPSA) is 0 Å². The van der Waals surface area contributed by atoms with Gasteiger partial charge in [0.25, 0.3) is 0 Å². The van der Waals surface area contributed by atoms with Crippen LogP contribution in [0.5, 0.6) is 0 Å². The minimum atomic E-state index is 0. The molecular weight excluding hydrogens is 121 g/mol. The molecule has 2 heteroatoms. The highest BCUT2D eigenvalue weighted by atomic mass is 15.3. The summed E-state index contributed by atoms with van der Waals surface area (Å²) in [6, 6.07) is 0. The van der Waals surface area contributed by atoms with Crippen LogP contribution in [0.1, 0.15) is 26.2 Å². The van der Waals surface area contributed by atoms with Crippen molar-refractivity contribution in [2.24, 2.45) is 0 Å². The van der Waals surface area contributed by atoms with E-state index in [0.717, 1.165) is 0 Å². The number of nitrogens with zero attached hydrogens (tertiary/aromatic N) is 1. The molecule has 10 heavy (non-hydrogen) atoms. The number of piperidine rings is 1. The van der Waals surface area contributed by atoms with Crippen molar-refractivity contribution in [1.29, 1.82) is 0 Å². The van der Waals surface area contributed by atoms with Gasteiger partial charge in [0, 0.05) is 0 Å². The van der Waals surface area contributed by atoms with Crippen LogP contribution in [0.2, 0.25) is 0 Å². The number of hydrogen-bond donors (Lipinski definition) is 0. The van der Waals surface area contributed by atoms with Gasteiger partial charge in [0.05, 0.1) is 26.7 Å². The Bertz CT molecular complexity index is 87.3. The van der Waals surface area contributed by atoms with E-state index < -0.39 is 0 Å². The monoisotopic (exact) mass is 139 g/mol. The van der Waals surface area contributed by atoms with Crippen molar-refractivity contribution in [3.8, 4) is 0 Å². The molecule has 0 aliphatic carbocycles. The molecule has 0 saturated carbocycles. The summed E-state index contributed by atoms with van der Waals surface area (Å²) in [5, 5.41) is 0. The summed E-state index contributed by atoms with van der Waals surface area (Å²) in [6.45, 7) is 6.44. The molecule has 0 bridgehead atoms. The lowest BCUT2D eigenvalue weighted by molar-refractivity contribution is -0.912. The molecule has 1 fully saturated rings. The van der Waals surface area contributed by atoms with Crippen LogP contribution in [0.4, 0.5) is 0 Å². The van der Waals surface area contributed by atoms with Crippen LogP contribution in [0, 0.1) is 0 Å². The van der Waals surface area contributed by atoms with E-state index in [2.05, 4.69) is 14.0 Å². The Morgan fingerprint density at radius 3 is 1.90 bits per heavy atom. The third-order valence-corrected chi connectivity index (χ3v) is 2.66. The van der Waals surface area contributed by atoms with Crippen molar-refractivity contribution >= 4 is 8.41 Å². The second-order valence-corrected chi connectivity index (χ2v) is 3.44. The van der Waals surface area contributed by atoms with Gasteiger partial charge < -0.3 is 12.9 Å². The summed E-state index contributed by atoms with van der Waals surface area (Å²) < 4.78 is 1.32. The van der Waals surface area contributed by atoms with Crippen molar-refractivity contribution in [1.82, 2.24) is 0 Å². The zero-order valence-corrected chi connectivity index (χ0v) is 7.27. The van der Waals surface area contributed by atoms with Crippen LogP contribution in [-0.2, 0) is 0 Å². The van der Waals surface area contributed by atoms with Crippen LogP contribution >= 0.6 is 0 Å². The molecule has 4 radical (unpaired) electrons. The van der Waals surface area contributed by atoms with Gasteiger partial charge in [-0.15, -0.1) is 0 Å². The van der Waals surface area contributed by atoms with Crippen molar-refractivity contribution < 1.29 is 4.48 Å². The summed E-state index contributed by atoms with van der Waals surface area (Å²) in [6.07, 6.45) is 4.36. The molecule has 0 amide bonds. The van der Waals surface area contributed by atoms with Crippen LogP contribution in [0.25, 0.3) is 0 Å². The van der Waals surface area contributed by atoms with E-state index in [0.29, 0.717) is 0 Å². The van der Waals surface area contributed by atoms with Crippen molar-refractivity contribution in [2.45, 2.75) is 26.2 Å². The van der Waals surface area contributed by atoms with Crippen molar-refractivity contribution in [2.75, 3.05) is 26.7 Å². The first-order chi connectivity index (χ1) is 4.27. The lowest BCUT2D eigenvalue weighted by Gasteiger charge is -2.36. The Hall–Kier alpha value is 0.0249. The number of hydrogen-bond acceptors (Lipinski definition) is 0. The van der Waals surface area contributed by atoms with E-state index in [-0.39, 0.29) is 8.41 Å². The molecule has 1 aliphatic heterocycles. The molecule has 1 nitrogen and oxygen atoms in total. The quantitative estimate of drug-likeness (QED) is 0.379. The third-order valence-electron chi connectivity index (χ3n) is 2.66. The molecule has 1 saturated heterocycles. The average molecular weight is 139 g/mol. The SMILES string of the molecule is CC[N+]1(C)CCCCC1.[B-]. The zero-order chi connectivity index (χ0) is 6.74. The van der Waals surface area contributed by atoms with E-state index in [1.807, 2.05) is 0 Å². The number of quaternary nitrogens is 1. The summed E-state index contributed by atoms with van der Waals surface area (Å²) in [7, 11) is 2.37. The highest BCUT2D eigenvalue weighted by Gasteiger charge is 2.21. The van der Waals surface area contributed by atoms with Crippen LogP contribution in [0.15, 0.2) is 0 Å². The van der Waals surface area contributed by atoms with Crippen LogP contribution < -0.4 is 0 Å². The zero-order valence-electron chi connectivity index (χ0n) is 7.27. The molecule has 0 aromatic rings. The minimum Gasteiger partial charge on any atom is -1.00 e. The molecule has 1 heterocycles. The standard InChI is InChI=1S/C8H18N.B/c1-3-9(2)7-5-4-6-8-9;/h3-8H2,1-2H3;/q+1;-1. The minimum absolute atomic E-state index is 0. The summed E-state index contributed by atoms with van der Waals surface area (Å²) >= 11 is 0. The molecule has 1 aliphatic rings. The van der Waals surface area contributed by atoms with Gasteiger partial charge in [-0.25, -0.2) is 0 Å². The molecule has 58 valence electrons. The summed E-state index contributed by atoms with van der Waals surface area (Å²) in [4.78, 5) is 0. The highest BCUT2D eigenvalue weighted by Crippen LogP contribution is 2.14. The lowest BCUT2D eigenvalue weighted by Crippen LogP contribution is -2.47. The first-order valence-corrected chi connectivity index (χ1v) is 4.10. The normalized spacial score (nSPS) is 23.4. The fraction of sp³-hybridized carbons (Fsp3) is 1.00. The first kappa shape index (κ1) is 10.0. The predicted molar refractivity (Wildman–Crippen MR) is 46.1 cm³/mol. The van der Waals surface area contributed by atoms with Crippen molar-refractivity contribution in [3.63, 3.8) is 0 Å². The molecule has 0 N–H and O–H groups in total. The molecular formula is C8H18BN. The Balaban J connectivity index is 0.000000810. The van der Waals surface area contributed by atoms with Gasteiger partial charge in [0.1, 0.15) is 0 Å². The molecule has 0 aromatic carbocycles. The largest absolute Gasteiger partial charge is 1.00 e. The number of likely N-dealkylation sites (tertiary alicyclic amines) is 1. The second kappa shape index (κ2) is 4.02. The van der Waals surface area contributed by atoms with Gasteiger partial charge in [-0.05, 0) is 26.2 Å². The fourth-order valence-corrected chi connectivity index (χ4v) is 1.59. The van der Waals surface area contributed by atoms with Crippen LogP contribution in [0.3, 0.4) is 0 Å². The van der Waals surface area contributed by atoms with Crippen LogP contribution in [-0.4, -0.2) is 39.6 Å². The Morgan fingerprint density at radius 2 is 1.60 bits per heavy atom. The second-order valence-electron chi connectivity index (χ2n) is 3.44. The Labute approximate surface area is 66.6 Å². The lowest BCUT2D eigenvalue weighted by atomic mass is 10.1. The smallest absolute Gasteiger partial charge is 0.0784 e. The van der Waals surface area contributed by atoms with Gasteiger partial charge in [0.15, 0.2) is 0 Å². The summed E-state index contributed by atoms with van der Waals surface area (Å²) in [5.74, 6) is 0. The predicted octanol–water partition coefficient (Wildman–Crippen LogP) is 1.26. The molecule has 1 rings (SSSR count). The van der Waals surface area contributed by atoms with Gasteiger partial charge in [-0.2, -0.15) is 0 Å². The maximum Gasteiger partial charge on any atom is 0.0784 e. The third kappa shape index (κ3) is 2.33. The van der Waals surface area contributed by atoms with E-state index in [1.165, 1.54) is 43.4 Å². The molecule has 0 unspecified atom stereocenters. The number of rotatable bonds is 1. The Kier molecular flexibility index (Phi) is 4.03. The Morgan fingerprint density at radius 1 is 1.10 bits per heavy atom. The van der Waals surface area contributed by atoms with E-state index in [1.54, 1.807) is 0 Å². The molecule has 0 aromatic heterocycles. The van der Waals surface area contributed by atoms with E-state index >= 15 is 0 Å². The van der Waals surface area contributed by atoms with E-state index in [4.69, 9.17) is 0 Å². The molecule has 0 spiro atoms. The van der Waals surface area contributed by atoms with Gasteiger partial charge in [-0.1, -0.05) is 0 Å². The fourth-order valence-electron chi connectivity index (χ4n) is 1.59. The summed E-state index contributed by atoms with van der Waals surface area (Å²) in [5.41, 5.74) is 0. The van der Waals surface area contributed by atoms with Gasteiger partial charge in [0.2, 0.25) is 0 Å².